The van der Waals surface area contributed by atoms with Crippen LogP contribution in [0, 0.1) is 29.1 Å². The number of para-hydroxylation sites is 1. The minimum atomic E-state index is -0.650. The van der Waals surface area contributed by atoms with Crippen LogP contribution in [0.4, 0.5) is 5.69 Å². The summed E-state index contributed by atoms with van der Waals surface area (Å²) in [4.78, 5) is 24.6. The van der Waals surface area contributed by atoms with E-state index in [1.165, 1.54) is 12.8 Å². The molecule has 1 amide bonds. The van der Waals surface area contributed by atoms with Crippen LogP contribution in [0.3, 0.4) is 0 Å². The van der Waals surface area contributed by atoms with Crippen molar-refractivity contribution in [1.29, 1.82) is 0 Å². The van der Waals surface area contributed by atoms with Gasteiger partial charge in [0.2, 0.25) is 0 Å². The first-order chi connectivity index (χ1) is 24.8. The van der Waals surface area contributed by atoms with Gasteiger partial charge in [-0.15, -0.1) is 0 Å². The van der Waals surface area contributed by atoms with Gasteiger partial charge in [-0.25, -0.2) is 0 Å². The summed E-state index contributed by atoms with van der Waals surface area (Å²) < 4.78 is 6.16. The maximum Gasteiger partial charge on any atom is 0.251 e. The van der Waals surface area contributed by atoms with Crippen molar-refractivity contribution in [3.05, 3.63) is 59.8 Å². The number of fused-ring (bicyclic) bond motifs is 2. The fourth-order valence-electron chi connectivity index (χ4n) is 10.0. The highest BCUT2D eigenvalue weighted by atomic mass is 16.7. The van der Waals surface area contributed by atoms with Crippen molar-refractivity contribution in [2.24, 2.45) is 34.8 Å². The van der Waals surface area contributed by atoms with Gasteiger partial charge in [-0.2, -0.15) is 5.06 Å². The Morgan fingerprint density at radius 2 is 2.00 bits per heavy atom. The van der Waals surface area contributed by atoms with E-state index in [1.807, 2.05) is 55.2 Å². The van der Waals surface area contributed by atoms with E-state index in [0.717, 1.165) is 54.0 Å². The number of hydrogen-bond acceptors (Lipinski definition) is 9. The zero-order chi connectivity index (χ0) is 37.5. The number of likely N-dealkylation sites (tertiary alicyclic amines) is 1. The van der Waals surface area contributed by atoms with Gasteiger partial charge in [0.1, 0.15) is 5.75 Å². The first-order valence-corrected chi connectivity index (χ1v) is 19.6. The minimum absolute atomic E-state index is 0.0764. The van der Waals surface area contributed by atoms with Crippen LogP contribution in [0.15, 0.2) is 48.7 Å². The van der Waals surface area contributed by atoms with Crippen LogP contribution in [0.5, 0.6) is 5.75 Å². The molecule has 0 unspecified atom stereocenters. The van der Waals surface area contributed by atoms with Crippen LogP contribution in [-0.4, -0.2) is 98.7 Å². The molecule has 10 nitrogen and oxygen atoms in total. The average molecular weight is 717 g/mol. The Bertz CT molecular complexity index is 1590. The molecule has 5 fully saturated rings. The largest absolute Gasteiger partial charge is 0.496 e. The van der Waals surface area contributed by atoms with Crippen LogP contribution < -0.4 is 26.0 Å². The third kappa shape index (κ3) is 7.34. The molecule has 5 aliphatic rings. The Labute approximate surface area is 312 Å². The second-order valence-corrected chi connectivity index (χ2v) is 16.7. The monoisotopic (exact) mass is 716 g/mol. The second kappa shape index (κ2) is 15.7. The maximum atomic E-state index is 13.6. The molecular formula is C42H64N6O4. The third-order valence-electron chi connectivity index (χ3n) is 13.3. The predicted molar refractivity (Wildman–Crippen MR) is 209 cm³/mol. The Hall–Kier alpha value is -3.15. The highest BCUT2D eigenvalue weighted by Crippen LogP contribution is 2.61. The van der Waals surface area contributed by atoms with Crippen LogP contribution in [-0.2, 0) is 11.4 Å². The lowest BCUT2D eigenvalue weighted by atomic mass is 9.44. The number of likely N-dealkylation sites (N-methyl/N-ethyl adjacent to an activating group) is 1. The summed E-state index contributed by atoms with van der Waals surface area (Å²) in [6.07, 6.45) is 3.69. The number of nitrogens with two attached hydrogens (primary N) is 1. The molecule has 3 saturated carbocycles. The summed E-state index contributed by atoms with van der Waals surface area (Å²) in [5.41, 5.74) is 11.8. The Morgan fingerprint density at radius 1 is 1.23 bits per heavy atom. The SMILES string of the molecule is C=C(N[C@H]1C[C@H]2C[C@@H]([C@@H]1C)C2(C)C)[C@@H]1[C@H]([C@H](C)O)[C@H](CN)ON1Cc1cccc(-c2cc(C(=O)NC[C@H]3CCCN3CC)cc(N(C)C)c2)c1OC. The Balaban J connectivity index is 1.27. The van der Waals surface area contributed by atoms with Crippen LogP contribution in [0.25, 0.3) is 11.1 Å². The number of amides is 1. The molecule has 2 aliphatic heterocycles. The van der Waals surface area contributed by atoms with Crippen molar-refractivity contribution < 1.29 is 19.5 Å². The number of nitrogens with zero attached hydrogens (tertiary/aromatic N) is 3. The third-order valence-corrected chi connectivity index (χ3v) is 13.3. The lowest BCUT2D eigenvalue weighted by Gasteiger charge is -2.62. The molecule has 0 aromatic heterocycles. The van der Waals surface area contributed by atoms with Crippen molar-refractivity contribution in [3.8, 4) is 16.9 Å². The lowest BCUT2D eigenvalue weighted by molar-refractivity contribution is -0.164. The number of methoxy groups -OCH3 is 1. The highest BCUT2D eigenvalue weighted by Gasteiger charge is 2.57. The number of nitrogens with one attached hydrogen (secondary N) is 2. The quantitative estimate of drug-likeness (QED) is 0.208. The molecule has 3 aliphatic carbocycles. The van der Waals surface area contributed by atoms with Gasteiger partial charge in [0.25, 0.3) is 5.91 Å². The predicted octanol–water partition coefficient (Wildman–Crippen LogP) is 5.26. The molecule has 0 spiro atoms. The zero-order valence-electron chi connectivity index (χ0n) is 32.8. The number of rotatable bonds is 14. The molecular weight excluding hydrogens is 652 g/mol. The van der Waals surface area contributed by atoms with Gasteiger partial charge in [-0.1, -0.05) is 52.5 Å². The maximum absolute atomic E-state index is 13.6. The highest BCUT2D eigenvalue weighted by molar-refractivity contribution is 5.97. The molecule has 2 aromatic rings. The molecule has 7 rings (SSSR count). The normalized spacial score (nSPS) is 30.4. The number of aliphatic hydroxyl groups is 1. The number of hydrogen-bond donors (Lipinski definition) is 4. The van der Waals surface area contributed by atoms with E-state index < -0.39 is 6.10 Å². The molecule has 5 N–H and O–H groups in total. The van der Waals surface area contributed by atoms with Gasteiger partial charge in [-0.05, 0) is 92.6 Å². The summed E-state index contributed by atoms with van der Waals surface area (Å²) >= 11 is 0. The minimum Gasteiger partial charge on any atom is -0.496 e. The van der Waals surface area contributed by atoms with E-state index in [2.05, 4.69) is 61.9 Å². The molecule has 2 saturated heterocycles. The molecule has 2 heterocycles. The van der Waals surface area contributed by atoms with Gasteiger partial charge in [0.15, 0.2) is 0 Å². The second-order valence-electron chi connectivity index (χ2n) is 16.7. The number of benzene rings is 2. The van der Waals surface area contributed by atoms with E-state index >= 15 is 0 Å². The fourth-order valence-corrected chi connectivity index (χ4v) is 10.0. The molecule has 2 bridgehead atoms. The van der Waals surface area contributed by atoms with Gasteiger partial charge in [-0.3, -0.25) is 14.5 Å². The summed E-state index contributed by atoms with van der Waals surface area (Å²) in [6, 6.07) is 12.5. The van der Waals surface area contributed by atoms with Gasteiger partial charge < -0.3 is 31.1 Å². The van der Waals surface area contributed by atoms with Gasteiger partial charge in [0.05, 0.1) is 31.9 Å². The number of carbonyl (C=O) groups is 1. The molecule has 10 heteroatoms. The number of aliphatic hydroxyl groups excluding tert-OH is 1. The first-order valence-electron chi connectivity index (χ1n) is 19.6. The molecule has 0 radical (unpaired) electrons. The standard InChI is InChI=1S/C42H64N6O4/c1-10-47-16-12-14-32(47)23-44-41(50)30-17-29(18-33(19-30)46(7)8)34-15-11-13-28(40(34)51-9)24-48-39(38(27(4)49)37(22-43)52-48)26(3)45-36-21-31-20-35(25(36)2)42(31,5)6/h11,13,15,17-19,25,27,31-32,35-39,45,49H,3,10,12,14,16,20-24,43H2,1-2,4-9H3,(H,44,50)/t25-,27-,31+,32+,35-,36-,37-,38+,39+/m0/s1. The van der Waals surface area contributed by atoms with E-state index in [-0.39, 0.29) is 30.5 Å². The lowest BCUT2D eigenvalue weighted by Crippen LogP contribution is -2.60. The molecule has 9 atom stereocenters. The van der Waals surface area contributed by atoms with Crippen molar-refractivity contribution in [2.45, 2.75) is 97.2 Å². The average Bonchev–Trinajstić information content (AvgIpc) is 3.75. The number of anilines is 1. The smallest absolute Gasteiger partial charge is 0.251 e. The number of carbonyl (C=O) groups excluding carboxylic acids is 1. The summed E-state index contributed by atoms with van der Waals surface area (Å²) in [5.74, 6) is 2.31. The summed E-state index contributed by atoms with van der Waals surface area (Å²) in [5, 5.41) is 20.1. The van der Waals surface area contributed by atoms with Crippen molar-refractivity contribution in [1.82, 2.24) is 20.6 Å². The van der Waals surface area contributed by atoms with Crippen molar-refractivity contribution in [2.75, 3.05) is 52.3 Å². The molecule has 52 heavy (non-hydrogen) atoms. The first kappa shape index (κ1) is 38.6. The van der Waals surface area contributed by atoms with Gasteiger partial charge >= 0.3 is 0 Å². The van der Waals surface area contributed by atoms with E-state index in [4.69, 9.17) is 15.3 Å². The van der Waals surface area contributed by atoms with Crippen molar-refractivity contribution >= 4 is 11.6 Å². The van der Waals surface area contributed by atoms with E-state index in [9.17, 15) is 9.90 Å². The molecule has 2 aromatic carbocycles. The number of hydroxylamine groups is 2. The topological polar surface area (TPSA) is 116 Å². The Morgan fingerprint density at radius 3 is 2.63 bits per heavy atom. The number of ether oxygens (including phenoxy) is 1. The molecule has 286 valence electrons. The van der Waals surface area contributed by atoms with Gasteiger partial charge in [0, 0.05) is 73.3 Å². The van der Waals surface area contributed by atoms with E-state index in [1.54, 1.807) is 7.11 Å². The summed E-state index contributed by atoms with van der Waals surface area (Å²) in [7, 11) is 5.67. The van der Waals surface area contributed by atoms with E-state index in [0.29, 0.717) is 59.7 Å². The van der Waals surface area contributed by atoms with Crippen LogP contribution >= 0.6 is 0 Å². The fraction of sp³-hybridized carbons (Fsp3) is 0.643. The van der Waals surface area contributed by atoms with Crippen molar-refractivity contribution in [3.63, 3.8) is 0 Å². The van der Waals surface area contributed by atoms with Crippen LogP contribution in [0.2, 0.25) is 0 Å². The zero-order valence-corrected chi connectivity index (χ0v) is 32.8. The Kier molecular flexibility index (Phi) is 11.6. The van der Waals surface area contributed by atoms with Crippen LogP contribution in [0.1, 0.15) is 76.2 Å². The summed E-state index contributed by atoms with van der Waals surface area (Å²) in [6.45, 7) is 19.2.